The molecule has 0 aliphatic heterocycles. The van der Waals surface area contributed by atoms with Gasteiger partial charge in [-0.25, -0.2) is 9.18 Å². The van der Waals surface area contributed by atoms with Crippen molar-refractivity contribution < 1.29 is 13.9 Å². The summed E-state index contributed by atoms with van der Waals surface area (Å²) in [5, 5.41) is 0. The predicted octanol–water partition coefficient (Wildman–Crippen LogP) is 3.23. The van der Waals surface area contributed by atoms with Gasteiger partial charge >= 0.3 is 5.97 Å². The highest BCUT2D eigenvalue weighted by Gasteiger charge is 2.02. The Morgan fingerprint density at radius 2 is 1.70 bits per heavy atom. The normalized spacial score (nSPS) is 9.70. The Balaban J connectivity index is 0.000000240. The van der Waals surface area contributed by atoms with Gasteiger partial charge in [0.2, 0.25) is 0 Å². The van der Waals surface area contributed by atoms with E-state index in [2.05, 4.69) is 4.74 Å². The van der Waals surface area contributed by atoms with Gasteiger partial charge in [-0.2, -0.15) is 0 Å². The van der Waals surface area contributed by atoms with E-state index in [1.807, 2.05) is 0 Å². The Hall–Kier alpha value is -2.62. The average Bonchev–Trinajstić information content (AvgIpc) is 2.49. The van der Waals surface area contributed by atoms with Crippen LogP contribution in [0.3, 0.4) is 0 Å². The number of carbonyl (C=O) groups excluding carboxylic acids is 1. The van der Waals surface area contributed by atoms with Gasteiger partial charge in [0.05, 0.1) is 12.7 Å². The molecule has 0 bridgehead atoms. The van der Waals surface area contributed by atoms with Crippen molar-refractivity contribution in [2.24, 2.45) is 5.73 Å². The number of methoxy groups -OCH3 is 1. The Bertz CT molecular complexity index is 550. The topological polar surface area (TPSA) is 52.3 Å². The van der Waals surface area contributed by atoms with Crippen molar-refractivity contribution >= 4 is 12.0 Å². The summed E-state index contributed by atoms with van der Waals surface area (Å²) in [5.41, 5.74) is 6.70. The van der Waals surface area contributed by atoms with Crippen molar-refractivity contribution in [2.75, 3.05) is 7.11 Å². The quantitative estimate of drug-likeness (QED) is 0.855. The van der Waals surface area contributed by atoms with Gasteiger partial charge in [-0.15, -0.1) is 0 Å². The molecule has 2 N–H and O–H groups in total. The van der Waals surface area contributed by atoms with Gasteiger partial charge in [0.1, 0.15) is 5.82 Å². The SMILES string of the molecule is COC(=O)c1ccc(/C=C/N)cc1.Fc1ccccc1. The molecule has 104 valence electrons. The summed E-state index contributed by atoms with van der Waals surface area (Å²) in [6.45, 7) is 0. The fraction of sp³-hybridized carbons (Fsp3) is 0.0625. The van der Waals surface area contributed by atoms with E-state index < -0.39 is 0 Å². The first kappa shape index (κ1) is 15.4. The summed E-state index contributed by atoms with van der Waals surface area (Å²) >= 11 is 0. The van der Waals surface area contributed by atoms with Gasteiger partial charge in [0.15, 0.2) is 0 Å². The van der Waals surface area contributed by atoms with Gasteiger partial charge in [-0.1, -0.05) is 30.3 Å². The third-order valence-electron chi connectivity index (χ3n) is 2.35. The molecule has 0 saturated heterocycles. The summed E-state index contributed by atoms with van der Waals surface area (Å²) in [6.07, 6.45) is 3.20. The van der Waals surface area contributed by atoms with Crippen LogP contribution in [0.1, 0.15) is 15.9 Å². The molecule has 0 saturated carbocycles. The van der Waals surface area contributed by atoms with Crippen LogP contribution in [-0.4, -0.2) is 13.1 Å². The molecule has 0 atom stereocenters. The molecule has 0 amide bonds. The molecule has 2 aromatic carbocycles. The lowest BCUT2D eigenvalue weighted by atomic mass is 10.1. The molecule has 0 unspecified atom stereocenters. The van der Waals surface area contributed by atoms with Gasteiger partial charge in [-0.3, -0.25) is 0 Å². The Labute approximate surface area is 117 Å². The lowest BCUT2D eigenvalue weighted by molar-refractivity contribution is 0.0600. The van der Waals surface area contributed by atoms with E-state index in [0.717, 1.165) is 5.56 Å². The fourth-order valence-corrected chi connectivity index (χ4v) is 1.37. The highest BCUT2D eigenvalue weighted by atomic mass is 19.1. The third kappa shape index (κ3) is 5.35. The zero-order chi connectivity index (χ0) is 14.8. The molecule has 0 radical (unpaired) electrons. The molecule has 4 heteroatoms. The van der Waals surface area contributed by atoms with Gasteiger partial charge in [-0.05, 0) is 42.1 Å². The maximum atomic E-state index is 11.9. The van der Waals surface area contributed by atoms with E-state index in [9.17, 15) is 9.18 Å². The lowest BCUT2D eigenvalue weighted by Crippen LogP contribution is -2.00. The van der Waals surface area contributed by atoms with Crippen molar-refractivity contribution in [3.8, 4) is 0 Å². The first-order valence-corrected chi connectivity index (χ1v) is 5.94. The number of esters is 1. The summed E-state index contributed by atoms with van der Waals surface area (Å²) < 4.78 is 16.5. The van der Waals surface area contributed by atoms with Crippen LogP contribution in [0.2, 0.25) is 0 Å². The zero-order valence-electron chi connectivity index (χ0n) is 11.1. The van der Waals surface area contributed by atoms with E-state index in [1.54, 1.807) is 48.5 Å². The van der Waals surface area contributed by atoms with Crippen molar-refractivity contribution in [1.82, 2.24) is 0 Å². The number of ether oxygens (including phenoxy) is 1. The van der Waals surface area contributed by atoms with E-state index >= 15 is 0 Å². The number of nitrogens with two attached hydrogens (primary N) is 1. The molecule has 2 rings (SSSR count). The maximum absolute atomic E-state index is 11.9. The summed E-state index contributed by atoms with van der Waals surface area (Å²) in [4.78, 5) is 11.0. The van der Waals surface area contributed by atoms with Gasteiger partial charge in [0.25, 0.3) is 0 Å². The van der Waals surface area contributed by atoms with Crippen LogP contribution in [0.25, 0.3) is 6.08 Å². The van der Waals surface area contributed by atoms with E-state index in [-0.39, 0.29) is 11.8 Å². The van der Waals surface area contributed by atoms with Crippen LogP contribution < -0.4 is 5.73 Å². The fourth-order valence-electron chi connectivity index (χ4n) is 1.37. The predicted molar refractivity (Wildman–Crippen MR) is 77.4 cm³/mol. The maximum Gasteiger partial charge on any atom is 0.337 e. The Kier molecular flexibility index (Phi) is 6.54. The number of hydrogen-bond donors (Lipinski definition) is 1. The summed E-state index contributed by atoms with van der Waals surface area (Å²) in [7, 11) is 1.36. The highest BCUT2D eigenvalue weighted by molar-refractivity contribution is 5.89. The van der Waals surface area contributed by atoms with Crippen LogP contribution in [0.4, 0.5) is 4.39 Å². The number of halogens is 1. The van der Waals surface area contributed by atoms with Crippen LogP contribution in [0.5, 0.6) is 0 Å². The largest absolute Gasteiger partial charge is 0.465 e. The lowest BCUT2D eigenvalue weighted by Gasteiger charge is -1.98. The average molecular weight is 273 g/mol. The smallest absolute Gasteiger partial charge is 0.337 e. The molecule has 0 heterocycles. The van der Waals surface area contributed by atoms with E-state index in [1.165, 1.54) is 25.4 Å². The molecular weight excluding hydrogens is 257 g/mol. The summed E-state index contributed by atoms with van der Waals surface area (Å²) in [6, 6.07) is 14.9. The van der Waals surface area contributed by atoms with Crippen molar-refractivity contribution in [3.05, 3.63) is 77.7 Å². The first-order chi connectivity index (χ1) is 9.67. The van der Waals surface area contributed by atoms with Gasteiger partial charge in [0, 0.05) is 0 Å². The monoisotopic (exact) mass is 273 g/mol. The third-order valence-corrected chi connectivity index (χ3v) is 2.35. The second kappa shape index (κ2) is 8.48. The van der Waals surface area contributed by atoms with Crippen LogP contribution in [-0.2, 0) is 4.74 Å². The van der Waals surface area contributed by atoms with Crippen molar-refractivity contribution in [3.63, 3.8) is 0 Å². The minimum atomic E-state index is -0.330. The Morgan fingerprint density at radius 1 is 1.10 bits per heavy atom. The molecule has 0 aromatic heterocycles. The van der Waals surface area contributed by atoms with Crippen LogP contribution in [0.15, 0.2) is 60.8 Å². The van der Waals surface area contributed by atoms with Gasteiger partial charge < -0.3 is 10.5 Å². The molecule has 20 heavy (non-hydrogen) atoms. The van der Waals surface area contributed by atoms with E-state index in [0.29, 0.717) is 5.56 Å². The Morgan fingerprint density at radius 3 is 2.10 bits per heavy atom. The van der Waals surface area contributed by atoms with Crippen molar-refractivity contribution in [2.45, 2.75) is 0 Å². The molecule has 0 spiro atoms. The molecule has 0 aliphatic rings. The summed E-state index contributed by atoms with van der Waals surface area (Å²) in [5.74, 6) is -0.509. The molecule has 0 aliphatic carbocycles. The first-order valence-electron chi connectivity index (χ1n) is 5.94. The number of rotatable bonds is 2. The second-order valence-corrected chi connectivity index (χ2v) is 3.77. The van der Waals surface area contributed by atoms with Crippen molar-refractivity contribution in [1.29, 1.82) is 0 Å². The molecule has 2 aromatic rings. The second-order valence-electron chi connectivity index (χ2n) is 3.77. The van der Waals surface area contributed by atoms with Crippen LogP contribution in [0, 0.1) is 5.82 Å². The molecule has 3 nitrogen and oxygen atoms in total. The minimum Gasteiger partial charge on any atom is -0.465 e. The standard InChI is InChI=1S/C10H11NO2.C6H5F/c1-13-10(12)9-4-2-8(3-5-9)6-7-11;7-6-4-2-1-3-5-6/h2-7H,11H2,1H3;1-5H/b7-6+;. The van der Waals surface area contributed by atoms with E-state index in [4.69, 9.17) is 5.73 Å². The number of carbonyl (C=O) groups is 1. The molecule has 0 fully saturated rings. The number of benzene rings is 2. The number of hydrogen-bond acceptors (Lipinski definition) is 3. The minimum absolute atomic E-state index is 0.178. The zero-order valence-corrected chi connectivity index (χ0v) is 11.1. The highest BCUT2D eigenvalue weighted by Crippen LogP contribution is 2.06. The van der Waals surface area contributed by atoms with Crippen LogP contribution >= 0.6 is 0 Å². The molecular formula is C16H16FNO2.